The first-order chi connectivity index (χ1) is 13.1. The van der Waals surface area contributed by atoms with E-state index >= 15 is 0 Å². The number of hydrogen-bond donors (Lipinski definition) is 2. The molecule has 140 valence electrons. The molecule has 0 atom stereocenters. The second-order valence-corrected chi connectivity index (χ2v) is 5.95. The fourth-order valence-electron chi connectivity index (χ4n) is 2.57. The van der Waals surface area contributed by atoms with Gasteiger partial charge < -0.3 is 20.3 Å². The van der Waals surface area contributed by atoms with Gasteiger partial charge in [0.05, 0.1) is 25.0 Å². The first-order valence-electron chi connectivity index (χ1n) is 8.60. The van der Waals surface area contributed by atoms with Crippen LogP contribution in [0.1, 0.15) is 35.2 Å². The predicted octanol–water partition coefficient (Wildman–Crippen LogP) is 2.60. The van der Waals surface area contributed by atoms with Gasteiger partial charge in [-0.25, -0.2) is 4.98 Å². The number of methoxy groups -OCH3 is 1. The van der Waals surface area contributed by atoms with E-state index in [2.05, 4.69) is 27.4 Å². The Bertz CT molecular complexity index is 921. The van der Waals surface area contributed by atoms with Crippen molar-refractivity contribution < 1.29 is 14.1 Å². The summed E-state index contributed by atoms with van der Waals surface area (Å²) in [5.74, 6) is 0.941. The van der Waals surface area contributed by atoms with Crippen molar-refractivity contribution in [3.05, 3.63) is 53.4 Å². The maximum Gasteiger partial charge on any atom is 0.251 e. The molecule has 1 aromatic carbocycles. The van der Waals surface area contributed by atoms with Gasteiger partial charge in [-0.1, -0.05) is 30.6 Å². The maximum absolute atomic E-state index is 12.3. The Balaban J connectivity index is 1.65. The zero-order valence-corrected chi connectivity index (χ0v) is 15.2. The van der Waals surface area contributed by atoms with Crippen molar-refractivity contribution >= 4 is 11.9 Å². The van der Waals surface area contributed by atoms with Crippen molar-refractivity contribution in [2.45, 2.75) is 26.3 Å². The Labute approximate surface area is 156 Å². The molecular weight excluding hydrogens is 346 g/mol. The zero-order valence-electron chi connectivity index (χ0n) is 15.2. The van der Waals surface area contributed by atoms with Crippen LogP contribution in [0.15, 0.2) is 40.9 Å². The normalized spacial score (nSPS) is 10.6. The lowest BCUT2D eigenvalue weighted by Crippen LogP contribution is -2.22. The van der Waals surface area contributed by atoms with Crippen LogP contribution in [0.3, 0.4) is 0 Å². The van der Waals surface area contributed by atoms with E-state index < -0.39 is 0 Å². The Morgan fingerprint density at radius 2 is 2.00 bits per heavy atom. The zero-order chi connectivity index (χ0) is 19.2. The van der Waals surface area contributed by atoms with Gasteiger partial charge >= 0.3 is 0 Å². The minimum atomic E-state index is -0.199. The van der Waals surface area contributed by atoms with Gasteiger partial charge in [-0.3, -0.25) is 4.79 Å². The summed E-state index contributed by atoms with van der Waals surface area (Å²) in [7, 11) is 1.51. The molecule has 27 heavy (non-hydrogen) atoms. The van der Waals surface area contributed by atoms with Gasteiger partial charge in [0.2, 0.25) is 11.8 Å². The highest BCUT2D eigenvalue weighted by Gasteiger charge is 2.10. The van der Waals surface area contributed by atoms with Gasteiger partial charge in [0.15, 0.2) is 5.76 Å². The monoisotopic (exact) mass is 367 g/mol. The number of nitrogens with two attached hydrogens (primary N) is 1. The molecule has 0 fully saturated rings. The topological polar surface area (TPSA) is 116 Å². The van der Waals surface area contributed by atoms with Crippen LogP contribution in [0.25, 0.3) is 11.3 Å². The lowest BCUT2D eigenvalue weighted by atomic mass is 10.1. The average Bonchev–Trinajstić information content (AvgIpc) is 3.13. The molecule has 0 aliphatic heterocycles. The lowest BCUT2D eigenvalue weighted by molar-refractivity contribution is 0.0947. The third-order valence-electron chi connectivity index (χ3n) is 3.91. The van der Waals surface area contributed by atoms with Crippen LogP contribution in [-0.2, 0) is 13.0 Å². The molecule has 0 unspecified atom stereocenters. The van der Waals surface area contributed by atoms with E-state index in [4.69, 9.17) is 15.0 Å². The number of nitrogen functional groups attached to an aromatic ring is 1. The fraction of sp³-hybridized carbons (Fsp3) is 0.263. The van der Waals surface area contributed by atoms with E-state index in [1.807, 2.05) is 6.07 Å². The highest BCUT2D eigenvalue weighted by Crippen LogP contribution is 2.22. The molecule has 2 heterocycles. The Morgan fingerprint density at radius 3 is 2.70 bits per heavy atom. The smallest absolute Gasteiger partial charge is 0.251 e. The molecule has 0 saturated carbocycles. The SMILES string of the molecule is CCCc1cc(CNC(=O)c2ccc(-c3cc(OC)nc(N)n3)cc2)on1. The van der Waals surface area contributed by atoms with Crippen molar-refractivity contribution in [1.82, 2.24) is 20.4 Å². The highest BCUT2D eigenvalue weighted by molar-refractivity contribution is 5.94. The molecular formula is C19H21N5O3. The Hall–Kier alpha value is -3.42. The van der Waals surface area contributed by atoms with Crippen LogP contribution in [0.2, 0.25) is 0 Å². The molecule has 0 aliphatic rings. The van der Waals surface area contributed by atoms with Crippen LogP contribution in [-0.4, -0.2) is 28.1 Å². The molecule has 0 saturated heterocycles. The first kappa shape index (κ1) is 18.4. The van der Waals surface area contributed by atoms with E-state index in [0.29, 0.717) is 22.9 Å². The number of ether oxygens (including phenoxy) is 1. The van der Waals surface area contributed by atoms with E-state index in [0.717, 1.165) is 24.1 Å². The number of nitrogens with one attached hydrogen (secondary N) is 1. The summed E-state index contributed by atoms with van der Waals surface area (Å²) in [6, 6.07) is 10.6. The number of benzene rings is 1. The number of nitrogens with zero attached hydrogens (tertiary/aromatic N) is 3. The quantitative estimate of drug-likeness (QED) is 0.659. The van der Waals surface area contributed by atoms with Gasteiger partial charge in [-0.2, -0.15) is 4.98 Å². The fourth-order valence-corrected chi connectivity index (χ4v) is 2.57. The summed E-state index contributed by atoms with van der Waals surface area (Å²) >= 11 is 0. The number of anilines is 1. The van der Waals surface area contributed by atoms with Crippen LogP contribution < -0.4 is 15.8 Å². The third kappa shape index (κ3) is 4.60. The number of carbonyl (C=O) groups is 1. The summed E-state index contributed by atoms with van der Waals surface area (Å²) in [4.78, 5) is 20.5. The van der Waals surface area contributed by atoms with E-state index in [1.54, 1.807) is 30.3 Å². The van der Waals surface area contributed by atoms with Gasteiger partial charge in [0.25, 0.3) is 5.91 Å². The van der Waals surface area contributed by atoms with Crippen molar-refractivity contribution in [2.24, 2.45) is 0 Å². The van der Waals surface area contributed by atoms with Crippen LogP contribution >= 0.6 is 0 Å². The van der Waals surface area contributed by atoms with Gasteiger partial charge in [-0.15, -0.1) is 0 Å². The van der Waals surface area contributed by atoms with E-state index in [1.165, 1.54) is 7.11 Å². The summed E-state index contributed by atoms with van der Waals surface area (Å²) in [6.45, 7) is 2.36. The molecule has 2 aromatic heterocycles. The summed E-state index contributed by atoms with van der Waals surface area (Å²) < 4.78 is 10.3. The number of amides is 1. The number of aromatic nitrogens is 3. The van der Waals surface area contributed by atoms with Crippen molar-refractivity contribution in [3.8, 4) is 17.1 Å². The third-order valence-corrected chi connectivity index (χ3v) is 3.91. The predicted molar refractivity (Wildman–Crippen MR) is 100 cm³/mol. The highest BCUT2D eigenvalue weighted by atomic mass is 16.5. The summed E-state index contributed by atoms with van der Waals surface area (Å²) in [5.41, 5.74) is 8.53. The van der Waals surface area contributed by atoms with Crippen LogP contribution in [0.4, 0.5) is 5.95 Å². The van der Waals surface area contributed by atoms with Crippen LogP contribution in [0.5, 0.6) is 5.88 Å². The average molecular weight is 367 g/mol. The first-order valence-corrected chi connectivity index (χ1v) is 8.60. The maximum atomic E-state index is 12.3. The van der Waals surface area contributed by atoms with Gasteiger partial charge in [0, 0.05) is 23.3 Å². The van der Waals surface area contributed by atoms with Crippen molar-refractivity contribution in [2.75, 3.05) is 12.8 Å². The molecule has 0 bridgehead atoms. The molecule has 3 aromatic rings. The van der Waals surface area contributed by atoms with Gasteiger partial charge in [-0.05, 0) is 18.6 Å². The minimum Gasteiger partial charge on any atom is -0.481 e. The molecule has 0 spiro atoms. The molecule has 8 heteroatoms. The van der Waals surface area contributed by atoms with E-state index in [9.17, 15) is 4.79 Å². The number of aryl methyl sites for hydroxylation is 1. The van der Waals surface area contributed by atoms with Crippen LogP contribution in [0, 0.1) is 0 Å². The number of hydrogen-bond acceptors (Lipinski definition) is 7. The standard InChI is InChI=1S/C19H21N5O3/c1-3-4-14-9-15(27-24-14)11-21-18(25)13-7-5-12(6-8-13)16-10-17(26-2)23-19(20)22-16/h5-10H,3-4,11H2,1-2H3,(H,21,25)(H2,20,22,23). The molecule has 1 amide bonds. The lowest BCUT2D eigenvalue weighted by Gasteiger charge is -2.07. The largest absolute Gasteiger partial charge is 0.481 e. The molecule has 8 nitrogen and oxygen atoms in total. The Kier molecular flexibility index (Phi) is 5.65. The summed E-state index contributed by atoms with van der Waals surface area (Å²) in [6.07, 6.45) is 1.85. The molecule has 0 aliphatic carbocycles. The van der Waals surface area contributed by atoms with Crippen molar-refractivity contribution in [1.29, 1.82) is 0 Å². The second-order valence-electron chi connectivity index (χ2n) is 5.95. The van der Waals surface area contributed by atoms with Gasteiger partial charge in [0.1, 0.15) is 0 Å². The Morgan fingerprint density at radius 1 is 1.22 bits per heavy atom. The molecule has 3 N–H and O–H groups in total. The van der Waals surface area contributed by atoms with Crippen molar-refractivity contribution in [3.63, 3.8) is 0 Å². The molecule has 3 rings (SSSR count). The number of rotatable bonds is 7. The minimum absolute atomic E-state index is 0.126. The number of carbonyl (C=O) groups excluding carboxylic acids is 1. The molecule has 0 radical (unpaired) electrons. The summed E-state index contributed by atoms with van der Waals surface area (Å²) in [5, 5.41) is 6.78. The van der Waals surface area contributed by atoms with E-state index in [-0.39, 0.29) is 18.4 Å². The second kappa shape index (κ2) is 8.31.